The first-order valence-corrected chi connectivity index (χ1v) is 5.18. The van der Waals surface area contributed by atoms with Crippen molar-refractivity contribution in [3.63, 3.8) is 0 Å². The van der Waals surface area contributed by atoms with Crippen molar-refractivity contribution in [1.82, 2.24) is 15.5 Å². The molecule has 1 heterocycles. The predicted molar refractivity (Wildman–Crippen MR) is 55.7 cm³/mol. The molecule has 0 spiro atoms. The molecule has 96 valence electrons. The van der Waals surface area contributed by atoms with Crippen molar-refractivity contribution >= 4 is 5.91 Å². The number of alkyl halides is 3. The van der Waals surface area contributed by atoms with Crippen molar-refractivity contribution < 1.29 is 18.0 Å². The normalized spacial score (nSPS) is 11.6. The summed E-state index contributed by atoms with van der Waals surface area (Å²) in [5, 5.41) is 8.92. The molecule has 0 aliphatic carbocycles. The molecule has 1 aromatic heterocycles. The summed E-state index contributed by atoms with van der Waals surface area (Å²) >= 11 is 0. The molecule has 7 heteroatoms. The number of amides is 1. The number of nitrogens with zero attached hydrogens (tertiary/aromatic N) is 1. The lowest BCUT2D eigenvalue weighted by atomic mass is 10.2. The van der Waals surface area contributed by atoms with Gasteiger partial charge in [0, 0.05) is 18.7 Å². The topological polar surface area (TPSA) is 57.8 Å². The Morgan fingerprint density at radius 3 is 2.53 bits per heavy atom. The summed E-state index contributed by atoms with van der Waals surface area (Å²) in [5.74, 6) is -0.393. The first kappa shape index (κ1) is 13.5. The van der Waals surface area contributed by atoms with E-state index >= 15 is 0 Å². The second kappa shape index (κ2) is 5.20. The zero-order valence-corrected chi connectivity index (χ0v) is 9.61. The van der Waals surface area contributed by atoms with Crippen LogP contribution in [-0.4, -0.2) is 28.8 Å². The van der Waals surface area contributed by atoms with E-state index in [-0.39, 0.29) is 13.0 Å². The fourth-order valence-corrected chi connectivity index (χ4v) is 1.46. The van der Waals surface area contributed by atoms with Gasteiger partial charge in [-0.3, -0.25) is 9.89 Å². The van der Waals surface area contributed by atoms with E-state index in [2.05, 4.69) is 15.5 Å². The van der Waals surface area contributed by atoms with E-state index in [1.807, 2.05) is 0 Å². The first-order chi connectivity index (χ1) is 7.81. The van der Waals surface area contributed by atoms with Crippen LogP contribution in [0.4, 0.5) is 13.2 Å². The van der Waals surface area contributed by atoms with Crippen LogP contribution in [0.3, 0.4) is 0 Å². The average Bonchev–Trinajstić information content (AvgIpc) is 2.52. The Bertz CT molecular complexity index is 378. The highest BCUT2D eigenvalue weighted by atomic mass is 19.4. The van der Waals surface area contributed by atoms with Crippen LogP contribution in [0, 0.1) is 13.8 Å². The van der Waals surface area contributed by atoms with E-state index < -0.39 is 18.5 Å². The standard InChI is InChI=1S/C10H14F3N3O/c1-6-8(7(2)16-15-6)9(17)14-5-3-4-10(11,12)13/h3-5H2,1-2H3,(H,14,17)(H,15,16). The lowest BCUT2D eigenvalue weighted by molar-refractivity contribution is -0.135. The summed E-state index contributed by atoms with van der Waals surface area (Å²) in [7, 11) is 0. The minimum Gasteiger partial charge on any atom is -0.352 e. The van der Waals surface area contributed by atoms with Crippen LogP contribution in [0.5, 0.6) is 0 Å². The summed E-state index contributed by atoms with van der Waals surface area (Å²) in [6.07, 6.45) is -5.19. The number of H-pyrrole nitrogens is 1. The van der Waals surface area contributed by atoms with Crippen molar-refractivity contribution in [3.05, 3.63) is 17.0 Å². The number of carbonyl (C=O) groups is 1. The van der Waals surface area contributed by atoms with Crippen molar-refractivity contribution in [2.75, 3.05) is 6.54 Å². The molecule has 0 aliphatic heterocycles. The van der Waals surface area contributed by atoms with Gasteiger partial charge < -0.3 is 5.32 Å². The van der Waals surface area contributed by atoms with Gasteiger partial charge in [-0.15, -0.1) is 0 Å². The van der Waals surface area contributed by atoms with Crippen molar-refractivity contribution in [1.29, 1.82) is 0 Å². The largest absolute Gasteiger partial charge is 0.389 e. The molecule has 0 unspecified atom stereocenters. The van der Waals surface area contributed by atoms with E-state index in [0.29, 0.717) is 17.0 Å². The van der Waals surface area contributed by atoms with Crippen LogP contribution in [-0.2, 0) is 0 Å². The number of rotatable bonds is 4. The summed E-state index contributed by atoms with van der Waals surface area (Å²) in [5.41, 5.74) is 1.55. The Labute approximate surface area is 96.6 Å². The third kappa shape index (κ3) is 4.08. The Balaban J connectivity index is 2.41. The van der Waals surface area contributed by atoms with Gasteiger partial charge in [-0.05, 0) is 20.3 Å². The molecule has 1 aromatic rings. The summed E-state index contributed by atoms with van der Waals surface area (Å²) < 4.78 is 35.6. The Morgan fingerprint density at radius 1 is 1.41 bits per heavy atom. The highest BCUT2D eigenvalue weighted by Gasteiger charge is 2.26. The summed E-state index contributed by atoms with van der Waals surface area (Å²) in [4.78, 5) is 11.6. The number of hydrogen-bond donors (Lipinski definition) is 2. The SMILES string of the molecule is Cc1n[nH]c(C)c1C(=O)NCCCC(F)(F)F. The Morgan fingerprint density at radius 2 is 2.06 bits per heavy atom. The van der Waals surface area contributed by atoms with Gasteiger partial charge in [0.05, 0.1) is 11.3 Å². The van der Waals surface area contributed by atoms with Crippen LogP contribution in [0.15, 0.2) is 0 Å². The molecule has 0 saturated heterocycles. The Hall–Kier alpha value is -1.53. The number of aryl methyl sites for hydroxylation is 2. The molecule has 0 saturated carbocycles. The van der Waals surface area contributed by atoms with Gasteiger partial charge in [-0.25, -0.2) is 0 Å². The van der Waals surface area contributed by atoms with Crippen LogP contribution < -0.4 is 5.32 Å². The van der Waals surface area contributed by atoms with E-state index in [9.17, 15) is 18.0 Å². The van der Waals surface area contributed by atoms with Gasteiger partial charge in [0.1, 0.15) is 0 Å². The lowest BCUT2D eigenvalue weighted by Gasteiger charge is -2.07. The van der Waals surface area contributed by atoms with Gasteiger partial charge in [0.2, 0.25) is 0 Å². The molecule has 4 nitrogen and oxygen atoms in total. The van der Waals surface area contributed by atoms with Crippen molar-refractivity contribution in [3.8, 4) is 0 Å². The Kier molecular flexibility index (Phi) is 4.14. The molecule has 2 N–H and O–H groups in total. The van der Waals surface area contributed by atoms with Gasteiger partial charge >= 0.3 is 6.18 Å². The van der Waals surface area contributed by atoms with Gasteiger partial charge in [0.15, 0.2) is 0 Å². The highest BCUT2D eigenvalue weighted by molar-refractivity contribution is 5.96. The molecule has 0 radical (unpaired) electrons. The minimum atomic E-state index is -4.17. The third-order valence-corrected chi connectivity index (χ3v) is 2.28. The molecule has 0 aromatic carbocycles. The van der Waals surface area contributed by atoms with E-state index in [4.69, 9.17) is 0 Å². The van der Waals surface area contributed by atoms with Gasteiger partial charge in [0.25, 0.3) is 5.91 Å². The maximum absolute atomic E-state index is 11.9. The molecule has 0 atom stereocenters. The zero-order valence-electron chi connectivity index (χ0n) is 9.61. The zero-order chi connectivity index (χ0) is 13.1. The number of nitrogens with one attached hydrogen (secondary N) is 2. The molecule has 0 aliphatic rings. The molecule has 1 rings (SSSR count). The minimum absolute atomic E-state index is 0.00238. The van der Waals surface area contributed by atoms with Gasteiger partial charge in [-0.1, -0.05) is 0 Å². The molecule has 17 heavy (non-hydrogen) atoms. The van der Waals surface area contributed by atoms with Crippen LogP contribution in [0.1, 0.15) is 34.6 Å². The first-order valence-electron chi connectivity index (χ1n) is 5.18. The predicted octanol–water partition coefficient (Wildman–Crippen LogP) is 2.10. The van der Waals surface area contributed by atoms with E-state index in [0.717, 1.165) is 0 Å². The maximum Gasteiger partial charge on any atom is 0.389 e. The van der Waals surface area contributed by atoms with Crippen LogP contribution in [0.25, 0.3) is 0 Å². The smallest absolute Gasteiger partial charge is 0.352 e. The number of hydrogen-bond acceptors (Lipinski definition) is 2. The maximum atomic E-state index is 11.9. The average molecular weight is 249 g/mol. The summed E-state index contributed by atoms with van der Waals surface area (Å²) in [6, 6.07) is 0. The molecule has 1 amide bonds. The fourth-order valence-electron chi connectivity index (χ4n) is 1.46. The van der Waals surface area contributed by atoms with Crippen molar-refractivity contribution in [2.45, 2.75) is 32.9 Å². The lowest BCUT2D eigenvalue weighted by Crippen LogP contribution is -2.26. The summed E-state index contributed by atoms with van der Waals surface area (Å²) in [6.45, 7) is 3.35. The molecule has 0 fully saturated rings. The number of aromatic amines is 1. The van der Waals surface area contributed by atoms with E-state index in [1.165, 1.54) is 0 Å². The highest BCUT2D eigenvalue weighted by Crippen LogP contribution is 2.20. The number of halogens is 3. The number of carbonyl (C=O) groups excluding carboxylic acids is 1. The fraction of sp³-hybridized carbons (Fsp3) is 0.600. The molecular formula is C10H14F3N3O. The van der Waals surface area contributed by atoms with Crippen molar-refractivity contribution in [2.24, 2.45) is 0 Å². The third-order valence-electron chi connectivity index (χ3n) is 2.28. The molecule has 0 bridgehead atoms. The van der Waals surface area contributed by atoms with Crippen LogP contribution >= 0.6 is 0 Å². The van der Waals surface area contributed by atoms with E-state index in [1.54, 1.807) is 13.8 Å². The van der Waals surface area contributed by atoms with Crippen LogP contribution in [0.2, 0.25) is 0 Å². The second-order valence-electron chi connectivity index (χ2n) is 3.78. The number of aromatic nitrogens is 2. The second-order valence-corrected chi connectivity index (χ2v) is 3.78. The molecular weight excluding hydrogens is 235 g/mol. The quantitative estimate of drug-likeness (QED) is 0.803. The monoisotopic (exact) mass is 249 g/mol. The van der Waals surface area contributed by atoms with Gasteiger partial charge in [-0.2, -0.15) is 18.3 Å².